The van der Waals surface area contributed by atoms with Gasteiger partial charge in [-0.25, -0.2) is 4.98 Å². The summed E-state index contributed by atoms with van der Waals surface area (Å²) in [6, 6.07) is 7.40. The van der Waals surface area contributed by atoms with Crippen LogP contribution in [-0.4, -0.2) is 21.8 Å². The van der Waals surface area contributed by atoms with Crippen LogP contribution in [0.3, 0.4) is 0 Å². The molecule has 0 fully saturated rings. The number of methoxy groups -OCH3 is 1. The Hall–Kier alpha value is -1.36. The molecular formula is C12H13ClN2O2. The van der Waals surface area contributed by atoms with Crippen LogP contribution in [0.1, 0.15) is 5.82 Å². The van der Waals surface area contributed by atoms with Crippen molar-refractivity contribution in [2.75, 3.05) is 7.11 Å². The molecule has 0 aliphatic heterocycles. The molecule has 0 aliphatic rings. The number of hydrogen-bond donors (Lipinski definition) is 1. The van der Waals surface area contributed by atoms with E-state index in [-0.39, 0.29) is 6.61 Å². The molecule has 2 aromatic rings. The number of hydrogen-bond acceptors (Lipinski definition) is 3. The molecule has 0 atom stereocenters. The van der Waals surface area contributed by atoms with E-state index >= 15 is 0 Å². The van der Waals surface area contributed by atoms with Gasteiger partial charge in [-0.15, -0.1) is 0 Å². The van der Waals surface area contributed by atoms with Gasteiger partial charge in [0.15, 0.2) is 0 Å². The summed E-state index contributed by atoms with van der Waals surface area (Å²) >= 11 is 5.83. The van der Waals surface area contributed by atoms with Crippen molar-refractivity contribution in [1.29, 1.82) is 0 Å². The fraction of sp³-hybridized carbons (Fsp3) is 0.250. The zero-order chi connectivity index (χ0) is 12.3. The molecule has 2 rings (SSSR count). The van der Waals surface area contributed by atoms with Crippen molar-refractivity contribution >= 4 is 11.6 Å². The monoisotopic (exact) mass is 252 g/mol. The number of aliphatic hydroxyl groups is 1. The Morgan fingerprint density at radius 2 is 2.06 bits per heavy atom. The maximum atomic E-state index is 9.19. The molecular weight excluding hydrogens is 240 g/mol. The van der Waals surface area contributed by atoms with Gasteiger partial charge in [0.1, 0.15) is 19.2 Å². The topological polar surface area (TPSA) is 47.3 Å². The molecule has 1 aromatic heterocycles. The fourth-order valence-electron chi connectivity index (χ4n) is 1.59. The minimum atomic E-state index is -0.114. The third kappa shape index (κ3) is 2.66. The van der Waals surface area contributed by atoms with Crippen molar-refractivity contribution in [2.45, 2.75) is 13.3 Å². The first kappa shape index (κ1) is 12.1. The number of rotatable bonds is 4. The van der Waals surface area contributed by atoms with E-state index in [0.29, 0.717) is 17.6 Å². The van der Waals surface area contributed by atoms with E-state index in [1.54, 1.807) is 11.7 Å². The van der Waals surface area contributed by atoms with Crippen LogP contribution in [0.5, 0.6) is 0 Å². The lowest BCUT2D eigenvalue weighted by Gasteiger charge is -2.02. The first-order valence-corrected chi connectivity index (χ1v) is 5.54. The molecule has 17 heavy (non-hydrogen) atoms. The Bertz CT molecular complexity index is 494. The molecule has 5 heteroatoms. The van der Waals surface area contributed by atoms with E-state index in [0.717, 1.165) is 11.3 Å². The predicted octanol–water partition coefficient (Wildman–Crippen LogP) is 2.30. The Kier molecular flexibility index (Phi) is 3.78. The number of halogens is 1. The van der Waals surface area contributed by atoms with E-state index in [2.05, 4.69) is 4.98 Å². The lowest BCUT2D eigenvalue weighted by molar-refractivity contribution is 0.123. The van der Waals surface area contributed by atoms with E-state index in [4.69, 9.17) is 16.3 Å². The summed E-state index contributed by atoms with van der Waals surface area (Å²) in [5.74, 6) is 0.580. The molecule has 4 nitrogen and oxygen atoms in total. The molecule has 90 valence electrons. The molecule has 0 spiro atoms. The smallest absolute Gasteiger partial charge is 0.137 e. The highest BCUT2D eigenvalue weighted by Crippen LogP contribution is 2.21. The standard InChI is InChI=1S/C12H13ClN2O2/c1-17-8-15-6-11(14-12(15)7-16)9-2-4-10(13)5-3-9/h2-6,16H,7-8H2,1H3. The minimum absolute atomic E-state index is 0.114. The molecule has 1 N–H and O–H groups in total. The Morgan fingerprint density at radius 3 is 2.65 bits per heavy atom. The average Bonchev–Trinajstić information content (AvgIpc) is 2.74. The third-order valence-corrected chi connectivity index (χ3v) is 2.66. The van der Waals surface area contributed by atoms with Crippen molar-refractivity contribution in [2.24, 2.45) is 0 Å². The third-order valence-electron chi connectivity index (χ3n) is 2.41. The van der Waals surface area contributed by atoms with E-state index < -0.39 is 0 Å². The van der Waals surface area contributed by atoms with Gasteiger partial charge in [0.2, 0.25) is 0 Å². The van der Waals surface area contributed by atoms with Crippen LogP contribution in [0.4, 0.5) is 0 Å². The summed E-state index contributed by atoms with van der Waals surface area (Å²) in [6.07, 6.45) is 1.85. The van der Waals surface area contributed by atoms with Gasteiger partial charge in [-0.05, 0) is 12.1 Å². The molecule has 0 radical (unpaired) electrons. The minimum Gasteiger partial charge on any atom is -0.388 e. The van der Waals surface area contributed by atoms with Crippen LogP contribution in [-0.2, 0) is 18.1 Å². The molecule has 0 bridgehead atoms. The second kappa shape index (κ2) is 5.31. The number of imidazole rings is 1. The van der Waals surface area contributed by atoms with Crippen molar-refractivity contribution in [1.82, 2.24) is 9.55 Å². The number of aromatic nitrogens is 2. The van der Waals surface area contributed by atoms with Gasteiger partial charge in [0.05, 0.1) is 5.69 Å². The lowest BCUT2D eigenvalue weighted by atomic mass is 10.2. The number of ether oxygens (including phenoxy) is 1. The second-order valence-electron chi connectivity index (χ2n) is 3.59. The summed E-state index contributed by atoms with van der Waals surface area (Å²) < 4.78 is 6.80. The summed E-state index contributed by atoms with van der Waals surface area (Å²) in [4.78, 5) is 4.34. The lowest BCUT2D eigenvalue weighted by Crippen LogP contribution is -2.03. The maximum Gasteiger partial charge on any atom is 0.137 e. The predicted molar refractivity (Wildman–Crippen MR) is 65.6 cm³/mol. The zero-order valence-electron chi connectivity index (χ0n) is 9.43. The normalized spacial score (nSPS) is 10.8. The molecule has 0 amide bonds. The van der Waals surface area contributed by atoms with Crippen molar-refractivity contribution in [3.63, 3.8) is 0 Å². The molecule has 0 saturated heterocycles. The molecule has 0 aliphatic carbocycles. The molecule has 0 unspecified atom stereocenters. The van der Waals surface area contributed by atoms with Gasteiger partial charge in [-0.1, -0.05) is 23.7 Å². The van der Waals surface area contributed by atoms with Crippen molar-refractivity contribution < 1.29 is 9.84 Å². The Morgan fingerprint density at radius 1 is 1.35 bits per heavy atom. The summed E-state index contributed by atoms with van der Waals surface area (Å²) in [5, 5.41) is 9.88. The summed E-state index contributed by atoms with van der Waals surface area (Å²) in [5.41, 5.74) is 1.75. The quantitative estimate of drug-likeness (QED) is 0.908. The number of nitrogens with zero attached hydrogens (tertiary/aromatic N) is 2. The Labute approximate surface area is 104 Å². The highest BCUT2D eigenvalue weighted by molar-refractivity contribution is 6.30. The van der Waals surface area contributed by atoms with Crippen molar-refractivity contribution in [3.05, 3.63) is 41.3 Å². The van der Waals surface area contributed by atoms with Crippen LogP contribution in [0.25, 0.3) is 11.3 Å². The molecule has 1 aromatic carbocycles. The average molecular weight is 253 g/mol. The largest absolute Gasteiger partial charge is 0.388 e. The van der Waals surface area contributed by atoms with Gasteiger partial charge < -0.3 is 14.4 Å². The van der Waals surface area contributed by atoms with Crippen LogP contribution in [0.15, 0.2) is 30.5 Å². The van der Waals surface area contributed by atoms with Crippen LogP contribution in [0, 0.1) is 0 Å². The van der Waals surface area contributed by atoms with E-state index in [9.17, 15) is 5.11 Å². The summed E-state index contributed by atoms with van der Waals surface area (Å²) in [6.45, 7) is 0.257. The maximum absolute atomic E-state index is 9.19. The van der Waals surface area contributed by atoms with E-state index in [1.165, 1.54) is 0 Å². The van der Waals surface area contributed by atoms with Gasteiger partial charge in [-0.3, -0.25) is 0 Å². The number of aliphatic hydroxyl groups excluding tert-OH is 1. The van der Waals surface area contributed by atoms with Gasteiger partial charge in [-0.2, -0.15) is 0 Å². The fourth-order valence-corrected chi connectivity index (χ4v) is 1.72. The molecule has 0 saturated carbocycles. The first-order valence-electron chi connectivity index (χ1n) is 5.16. The van der Waals surface area contributed by atoms with Crippen LogP contribution in [0.2, 0.25) is 5.02 Å². The van der Waals surface area contributed by atoms with Crippen molar-refractivity contribution in [3.8, 4) is 11.3 Å². The summed E-state index contributed by atoms with van der Waals surface area (Å²) in [7, 11) is 1.60. The van der Waals surface area contributed by atoms with Gasteiger partial charge >= 0.3 is 0 Å². The first-order chi connectivity index (χ1) is 8.24. The molecule has 1 heterocycles. The van der Waals surface area contributed by atoms with Gasteiger partial charge in [0, 0.05) is 23.9 Å². The Balaban J connectivity index is 2.35. The van der Waals surface area contributed by atoms with Crippen LogP contribution < -0.4 is 0 Å². The highest BCUT2D eigenvalue weighted by Gasteiger charge is 2.08. The van der Waals surface area contributed by atoms with Gasteiger partial charge in [0.25, 0.3) is 0 Å². The van der Waals surface area contributed by atoms with Crippen LogP contribution >= 0.6 is 11.6 Å². The zero-order valence-corrected chi connectivity index (χ0v) is 10.2. The highest BCUT2D eigenvalue weighted by atomic mass is 35.5. The van der Waals surface area contributed by atoms with E-state index in [1.807, 2.05) is 30.5 Å². The second-order valence-corrected chi connectivity index (χ2v) is 4.03. The SMILES string of the molecule is COCn1cc(-c2ccc(Cl)cc2)nc1CO. The number of benzene rings is 1.